The number of phenolic OH excluding ortho intramolecular Hbond substituents is 1. The van der Waals surface area contributed by atoms with E-state index in [1.54, 1.807) is 11.8 Å². The Labute approximate surface area is 163 Å². The third-order valence-electron chi connectivity index (χ3n) is 4.35. The van der Waals surface area contributed by atoms with Gasteiger partial charge in [0, 0.05) is 16.0 Å². The summed E-state index contributed by atoms with van der Waals surface area (Å²) in [5.41, 5.74) is 1.49. The zero-order valence-corrected chi connectivity index (χ0v) is 18.5. The summed E-state index contributed by atoms with van der Waals surface area (Å²) in [6.07, 6.45) is 2.84. The normalized spacial score (nSPS) is 13.5. The van der Waals surface area contributed by atoms with Crippen molar-refractivity contribution in [3.63, 3.8) is 0 Å². The molecule has 0 aliphatic rings. The van der Waals surface area contributed by atoms with Crippen LogP contribution in [0, 0.1) is 0 Å². The first-order valence-electron chi connectivity index (χ1n) is 9.63. The van der Waals surface area contributed by atoms with E-state index in [0.717, 1.165) is 35.3 Å². The maximum atomic E-state index is 12.4. The molecule has 1 rings (SSSR count). The standard InChI is InChI=1S/C22H36O3S/c1-9-11-12-18(20(24)25-10-2)26-15-13-16(21(3,4)5)19(23)17(14-15)22(6,7)8/h13-14,18,23H,9-12H2,1-8H3. The number of esters is 1. The predicted molar refractivity (Wildman–Crippen MR) is 111 cm³/mol. The number of unbranched alkanes of at least 4 members (excludes halogenated alkanes) is 1. The molecule has 0 aromatic heterocycles. The molecule has 4 heteroatoms. The van der Waals surface area contributed by atoms with Crippen LogP contribution in [0.5, 0.6) is 5.75 Å². The van der Waals surface area contributed by atoms with Gasteiger partial charge < -0.3 is 9.84 Å². The van der Waals surface area contributed by atoms with Crippen molar-refractivity contribution in [3.8, 4) is 5.75 Å². The summed E-state index contributed by atoms with van der Waals surface area (Å²) in [6, 6.07) is 4.07. The lowest BCUT2D eigenvalue weighted by Crippen LogP contribution is -2.21. The summed E-state index contributed by atoms with van der Waals surface area (Å²) in [5, 5.41) is 10.6. The van der Waals surface area contributed by atoms with Crippen LogP contribution < -0.4 is 0 Å². The molecule has 26 heavy (non-hydrogen) atoms. The Morgan fingerprint density at radius 3 is 1.96 bits per heavy atom. The van der Waals surface area contributed by atoms with E-state index >= 15 is 0 Å². The first-order chi connectivity index (χ1) is 11.9. The molecular formula is C22H36O3S. The van der Waals surface area contributed by atoms with Crippen LogP contribution in [0.15, 0.2) is 17.0 Å². The SMILES string of the molecule is CCCCC(Sc1cc(C(C)(C)C)c(O)c(C(C)(C)C)c1)C(=O)OCC. The first-order valence-corrected chi connectivity index (χ1v) is 10.5. The molecule has 0 saturated carbocycles. The second-order valence-corrected chi connectivity index (χ2v) is 10.1. The Bertz CT molecular complexity index is 574. The van der Waals surface area contributed by atoms with Gasteiger partial charge in [-0.15, -0.1) is 11.8 Å². The lowest BCUT2D eigenvalue weighted by molar-refractivity contribution is -0.142. The molecule has 0 bridgehead atoms. The first kappa shape index (κ1) is 22.9. The van der Waals surface area contributed by atoms with Crippen LogP contribution in [-0.2, 0) is 20.4 Å². The lowest BCUT2D eigenvalue weighted by Gasteiger charge is -2.28. The van der Waals surface area contributed by atoms with E-state index in [-0.39, 0.29) is 22.0 Å². The van der Waals surface area contributed by atoms with Crippen molar-refractivity contribution < 1.29 is 14.6 Å². The highest BCUT2D eigenvalue weighted by Gasteiger charge is 2.28. The van der Waals surface area contributed by atoms with E-state index < -0.39 is 0 Å². The molecule has 1 atom stereocenters. The Morgan fingerprint density at radius 2 is 1.58 bits per heavy atom. The molecular weight excluding hydrogens is 344 g/mol. The zero-order valence-electron chi connectivity index (χ0n) is 17.7. The molecule has 1 unspecified atom stereocenters. The number of ether oxygens (including phenoxy) is 1. The van der Waals surface area contributed by atoms with Crippen LogP contribution in [0.4, 0.5) is 0 Å². The molecule has 1 aromatic carbocycles. The molecule has 0 spiro atoms. The monoisotopic (exact) mass is 380 g/mol. The van der Waals surface area contributed by atoms with Crippen molar-refractivity contribution >= 4 is 17.7 Å². The number of carbonyl (C=O) groups is 1. The van der Waals surface area contributed by atoms with Crippen molar-refractivity contribution in [2.45, 2.75) is 95.6 Å². The fourth-order valence-electron chi connectivity index (χ4n) is 2.83. The fraction of sp³-hybridized carbons (Fsp3) is 0.682. The Hall–Kier alpha value is -1.16. The van der Waals surface area contributed by atoms with Gasteiger partial charge in [0.1, 0.15) is 11.0 Å². The summed E-state index contributed by atoms with van der Waals surface area (Å²) < 4.78 is 5.28. The van der Waals surface area contributed by atoms with Gasteiger partial charge in [0.05, 0.1) is 6.61 Å². The van der Waals surface area contributed by atoms with Gasteiger partial charge in [-0.25, -0.2) is 0 Å². The number of benzene rings is 1. The molecule has 0 fully saturated rings. The van der Waals surface area contributed by atoms with Crippen LogP contribution in [0.3, 0.4) is 0 Å². The van der Waals surface area contributed by atoms with Crippen molar-refractivity contribution in [2.24, 2.45) is 0 Å². The van der Waals surface area contributed by atoms with Crippen LogP contribution in [0.25, 0.3) is 0 Å². The van der Waals surface area contributed by atoms with E-state index in [0.29, 0.717) is 12.4 Å². The minimum absolute atomic E-state index is 0.145. The minimum atomic E-state index is -0.208. The summed E-state index contributed by atoms with van der Waals surface area (Å²) in [5.74, 6) is 0.226. The van der Waals surface area contributed by atoms with E-state index in [2.05, 4.69) is 48.5 Å². The number of hydrogen-bond acceptors (Lipinski definition) is 4. The van der Waals surface area contributed by atoms with Crippen molar-refractivity contribution in [1.82, 2.24) is 0 Å². The van der Waals surface area contributed by atoms with Gasteiger partial charge in [-0.1, -0.05) is 61.3 Å². The van der Waals surface area contributed by atoms with Gasteiger partial charge in [0.25, 0.3) is 0 Å². The van der Waals surface area contributed by atoms with Gasteiger partial charge >= 0.3 is 5.97 Å². The number of aromatic hydroxyl groups is 1. The number of rotatable bonds is 7. The van der Waals surface area contributed by atoms with Gasteiger partial charge in [-0.2, -0.15) is 0 Å². The van der Waals surface area contributed by atoms with Crippen molar-refractivity contribution in [3.05, 3.63) is 23.3 Å². The predicted octanol–water partition coefficient (Wildman–Crippen LogP) is 6.20. The topological polar surface area (TPSA) is 46.5 Å². The molecule has 0 amide bonds. The second-order valence-electron chi connectivity index (χ2n) is 8.87. The highest BCUT2D eigenvalue weighted by molar-refractivity contribution is 8.00. The zero-order chi connectivity index (χ0) is 20.1. The lowest BCUT2D eigenvalue weighted by atomic mass is 9.79. The highest BCUT2D eigenvalue weighted by atomic mass is 32.2. The van der Waals surface area contributed by atoms with Crippen LogP contribution in [0.2, 0.25) is 0 Å². The smallest absolute Gasteiger partial charge is 0.319 e. The van der Waals surface area contributed by atoms with Gasteiger partial charge in [0.2, 0.25) is 0 Å². The van der Waals surface area contributed by atoms with Crippen molar-refractivity contribution in [2.75, 3.05) is 6.61 Å². The maximum absolute atomic E-state index is 12.4. The summed E-state index contributed by atoms with van der Waals surface area (Å²) in [7, 11) is 0. The average molecular weight is 381 g/mol. The Morgan fingerprint density at radius 1 is 1.08 bits per heavy atom. The Kier molecular flexibility index (Phi) is 8.06. The molecule has 1 aromatic rings. The largest absolute Gasteiger partial charge is 0.507 e. The molecule has 1 N–H and O–H groups in total. The van der Waals surface area contributed by atoms with Gasteiger partial charge in [0.15, 0.2) is 0 Å². The van der Waals surface area contributed by atoms with E-state index in [9.17, 15) is 9.90 Å². The van der Waals surface area contributed by atoms with Gasteiger partial charge in [-0.3, -0.25) is 4.79 Å². The summed E-state index contributed by atoms with van der Waals surface area (Å²) in [6.45, 7) is 17.0. The molecule has 0 aliphatic carbocycles. The van der Waals surface area contributed by atoms with Gasteiger partial charge in [-0.05, 0) is 36.3 Å². The van der Waals surface area contributed by atoms with Crippen LogP contribution in [0.1, 0.15) is 85.8 Å². The minimum Gasteiger partial charge on any atom is -0.507 e. The van der Waals surface area contributed by atoms with E-state index in [4.69, 9.17) is 4.74 Å². The molecule has 3 nitrogen and oxygen atoms in total. The number of hydrogen-bond donors (Lipinski definition) is 1. The number of thioether (sulfide) groups is 1. The molecule has 148 valence electrons. The molecule has 0 heterocycles. The number of carbonyl (C=O) groups excluding carboxylic acids is 1. The fourth-order valence-corrected chi connectivity index (χ4v) is 3.98. The van der Waals surface area contributed by atoms with E-state index in [1.807, 2.05) is 19.1 Å². The highest BCUT2D eigenvalue weighted by Crippen LogP contribution is 2.42. The van der Waals surface area contributed by atoms with Crippen LogP contribution in [-0.4, -0.2) is 22.9 Å². The maximum Gasteiger partial charge on any atom is 0.319 e. The van der Waals surface area contributed by atoms with Crippen LogP contribution >= 0.6 is 11.8 Å². The third-order valence-corrected chi connectivity index (χ3v) is 5.57. The molecule has 0 radical (unpaired) electrons. The average Bonchev–Trinajstić information content (AvgIpc) is 2.50. The summed E-state index contributed by atoms with van der Waals surface area (Å²) >= 11 is 1.56. The molecule has 0 saturated heterocycles. The quantitative estimate of drug-likeness (QED) is 0.452. The second kappa shape index (κ2) is 9.16. The van der Waals surface area contributed by atoms with Crippen molar-refractivity contribution in [1.29, 1.82) is 0 Å². The molecule has 0 aliphatic heterocycles. The summed E-state index contributed by atoms with van der Waals surface area (Å²) in [4.78, 5) is 13.4. The Balaban J connectivity index is 3.34. The number of phenols is 1. The third kappa shape index (κ3) is 6.22. The van der Waals surface area contributed by atoms with E-state index in [1.165, 1.54) is 0 Å².